The zero-order chi connectivity index (χ0) is 30.0. The fourth-order valence-corrected chi connectivity index (χ4v) is 7.27. The van der Waals surface area contributed by atoms with E-state index in [2.05, 4.69) is 27.4 Å². The van der Waals surface area contributed by atoms with E-state index in [1.807, 2.05) is 0 Å². The lowest BCUT2D eigenvalue weighted by Crippen LogP contribution is -2.57. The van der Waals surface area contributed by atoms with Gasteiger partial charge in [-0.3, -0.25) is 4.90 Å². The summed E-state index contributed by atoms with van der Waals surface area (Å²) >= 11 is 1.12. The van der Waals surface area contributed by atoms with Crippen molar-refractivity contribution in [2.24, 2.45) is 0 Å². The molecule has 3 atom stereocenters. The predicted molar refractivity (Wildman–Crippen MR) is 162 cm³/mol. The molecule has 0 bridgehead atoms. The largest absolute Gasteiger partial charge is 0.495 e. The van der Waals surface area contributed by atoms with Gasteiger partial charge in [0, 0.05) is 29.3 Å². The smallest absolute Gasteiger partial charge is 0.273 e. The summed E-state index contributed by atoms with van der Waals surface area (Å²) in [5.74, 6) is 6.28. The molecule has 42 heavy (non-hydrogen) atoms. The molecular weight excluding hydrogens is 589 g/mol. The van der Waals surface area contributed by atoms with E-state index in [4.69, 9.17) is 9.47 Å². The second-order valence-electron chi connectivity index (χ2n) is 10.9. The standard InChI is InChI=1S/C30H34F4N3O3PS/c1-39-25-14-19(41(2,3)38)9-10-23(25)35-12-5-8-26-27(28(32)30(33)34)20-6-4-7-24(29(20)42-26)36-22-11-13-37(15-21(22)31)18-16-40-17-18/h4,6-7,9-10,14,18,21-22,28,30,35-36H,11-13,15-17H2,1-3H3. The lowest BCUT2D eigenvalue weighted by atomic mass is 9.99. The maximum atomic E-state index is 15.2. The Bertz CT molecular complexity index is 1530. The highest BCUT2D eigenvalue weighted by atomic mass is 32.1. The zero-order valence-electron chi connectivity index (χ0n) is 23.6. The van der Waals surface area contributed by atoms with Gasteiger partial charge in [-0.05, 0) is 44.0 Å². The fourth-order valence-electron chi connectivity index (χ4n) is 5.23. The molecule has 0 spiro atoms. The van der Waals surface area contributed by atoms with Crippen LogP contribution in [0, 0.1) is 11.8 Å². The third kappa shape index (κ3) is 6.57. The number of fused-ring (bicyclic) bond motifs is 1. The highest BCUT2D eigenvalue weighted by molar-refractivity contribution is 7.70. The van der Waals surface area contributed by atoms with Crippen LogP contribution in [-0.2, 0) is 9.30 Å². The van der Waals surface area contributed by atoms with E-state index in [0.29, 0.717) is 58.7 Å². The fraction of sp³-hybridized carbons (Fsp3) is 0.467. The van der Waals surface area contributed by atoms with Crippen molar-refractivity contribution in [2.45, 2.75) is 37.3 Å². The van der Waals surface area contributed by atoms with E-state index < -0.39 is 32.0 Å². The van der Waals surface area contributed by atoms with Gasteiger partial charge in [-0.25, -0.2) is 17.6 Å². The molecule has 2 N–H and O–H groups in total. The number of halogens is 4. The molecule has 0 radical (unpaired) electrons. The molecule has 12 heteroatoms. The maximum absolute atomic E-state index is 15.2. The molecule has 2 aliphatic rings. The molecule has 0 saturated carbocycles. The van der Waals surface area contributed by atoms with E-state index in [-0.39, 0.29) is 23.0 Å². The van der Waals surface area contributed by atoms with Gasteiger partial charge < -0.3 is 24.7 Å². The molecule has 2 fully saturated rings. The predicted octanol–water partition coefficient (Wildman–Crippen LogP) is 6.12. The van der Waals surface area contributed by atoms with Crippen molar-refractivity contribution in [2.75, 3.05) is 63.9 Å². The van der Waals surface area contributed by atoms with Crippen molar-refractivity contribution in [3.05, 3.63) is 46.8 Å². The molecule has 3 aromatic rings. The van der Waals surface area contributed by atoms with Crippen molar-refractivity contribution in [1.82, 2.24) is 4.90 Å². The maximum Gasteiger partial charge on any atom is 0.273 e. The Morgan fingerprint density at radius 2 is 1.98 bits per heavy atom. The Morgan fingerprint density at radius 3 is 2.62 bits per heavy atom. The van der Waals surface area contributed by atoms with Crippen LogP contribution in [0.5, 0.6) is 5.75 Å². The van der Waals surface area contributed by atoms with E-state index in [1.165, 1.54) is 7.11 Å². The average Bonchev–Trinajstić information content (AvgIpc) is 3.29. The van der Waals surface area contributed by atoms with Gasteiger partial charge in [-0.1, -0.05) is 24.0 Å². The molecular formula is C30H34F4N3O3PS. The van der Waals surface area contributed by atoms with Crippen LogP contribution in [0.4, 0.5) is 28.9 Å². The molecule has 0 aliphatic carbocycles. The van der Waals surface area contributed by atoms with Crippen LogP contribution < -0.4 is 20.7 Å². The number of ether oxygens (including phenoxy) is 2. The molecule has 3 unspecified atom stereocenters. The highest BCUT2D eigenvalue weighted by Gasteiger charge is 2.36. The second-order valence-corrected chi connectivity index (χ2v) is 15.1. The van der Waals surface area contributed by atoms with Crippen LogP contribution >= 0.6 is 18.5 Å². The Labute approximate surface area is 247 Å². The van der Waals surface area contributed by atoms with Crippen molar-refractivity contribution in [3.8, 4) is 17.6 Å². The first-order valence-corrected chi connectivity index (χ1v) is 17.1. The number of nitrogens with zero attached hydrogens (tertiary/aromatic N) is 1. The van der Waals surface area contributed by atoms with Crippen LogP contribution in [0.1, 0.15) is 23.0 Å². The van der Waals surface area contributed by atoms with Gasteiger partial charge in [-0.2, -0.15) is 0 Å². The summed E-state index contributed by atoms with van der Waals surface area (Å²) in [7, 11) is -0.972. The van der Waals surface area contributed by atoms with Crippen LogP contribution in [0.25, 0.3) is 10.1 Å². The van der Waals surface area contributed by atoms with Crippen LogP contribution in [-0.4, -0.2) is 82.9 Å². The number of hydrogen-bond donors (Lipinski definition) is 2. The van der Waals surface area contributed by atoms with Crippen molar-refractivity contribution in [3.63, 3.8) is 0 Å². The molecule has 2 aliphatic heterocycles. The number of likely N-dealkylation sites (tertiary alicyclic amines) is 1. The second kappa shape index (κ2) is 12.8. The van der Waals surface area contributed by atoms with Gasteiger partial charge in [0.2, 0.25) is 0 Å². The van der Waals surface area contributed by atoms with Gasteiger partial charge in [0.25, 0.3) is 6.43 Å². The first-order chi connectivity index (χ1) is 20.1. The molecule has 5 rings (SSSR count). The van der Waals surface area contributed by atoms with Crippen LogP contribution in [0.15, 0.2) is 36.4 Å². The van der Waals surface area contributed by atoms with E-state index >= 15 is 4.39 Å². The van der Waals surface area contributed by atoms with Crippen molar-refractivity contribution in [1.29, 1.82) is 0 Å². The van der Waals surface area contributed by atoms with E-state index in [1.54, 1.807) is 49.7 Å². The number of methoxy groups -OCH3 is 1. The summed E-state index contributed by atoms with van der Waals surface area (Å²) in [4.78, 5) is 2.30. The molecule has 226 valence electrons. The number of benzene rings is 2. The van der Waals surface area contributed by atoms with Gasteiger partial charge in [0.15, 0.2) is 6.17 Å². The quantitative estimate of drug-likeness (QED) is 0.170. The Morgan fingerprint density at radius 1 is 1.19 bits per heavy atom. The first kappa shape index (κ1) is 30.7. The molecule has 1 aromatic heterocycles. The lowest BCUT2D eigenvalue weighted by molar-refractivity contribution is -0.0793. The Balaban J connectivity index is 1.37. The molecule has 3 heterocycles. The summed E-state index contributed by atoms with van der Waals surface area (Å²) < 4.78 is 81.0. The summed E-state index contributed by atoms with van der Waals surface area (Å²) in [6.45, 7) is 5.74. The zero-order valence-corrected chi connectivity index (χ0v) is 25.3. The normalized spacial score (nSPS) is 20.6. The minimum absolute atomic E-state index is 0.129. The number of nitrogens with one attached hydrogen (secondary N) is 2. The topological polar surface area (TPSA) is 62.8 Å². The van der Waals surface area contributed by atoms with Gasteiger partial charge in [0.05, 0.1) is 59.9 Å². The number of piperidine rings is 1. The van der Waals surface area contributed by atoms with Gasteiger partial charge in [0.1, 0.15) is 19.1 Å². The molecule has 6 nitrogen and oxygen atoms in total. The number of hydrogen-bond acceptors (Lipinski definition) is 7. The monoisotopic (exact) mass is 623 g/mol. The van der Waals surface area contributed by atoms with E-state index in [0.717, 1.165) is 17.9 Å². The van der Waals surface area contributed by atoms with Crippen LogP contribution in [0.2, 0.25) is 0 Å². The number of anilines is 2. The lowest BCUT2D eigenvalue weighted by Gasteiger charge is -2.43. The minimum Gasteiger partial charge on any atom is -0.495 e. The number of alkyl halides is 4. The minimum atomic E-state index is -3.22. The van der Waals surface area contributed by atoms with E-state index in [9.17, 15) is 17.7 Å². The Hall–Kier alpha value is -2.77. The van der Waals surface area contributed by atoms with Gasteiger partial charge >= 0.3 is 0 Å². The SMILES string of the molecule is COc1cc(P(C)(C)=O)ccc1NCC#Cc1sc2c(NC3CCN(C4COC4)CC3F)cccc2c1C(F)C(F)F. The first-order valence-electron chi connectivity index (χ1n) is 13.7. The molecule has 0 amide bonds. The van der Waals surface area contributed by atoms with Crippen molar-refractivity contribution >= 4 is 45.2 Å². The van der Waals surface area contributed by atoms with Crippen LogP contribution in [0.3, 0.4) is 0 Å². The van der Waals surface area contributed by atoms with Gasteiger partial charge in [-0.15, -0.1) is 11.3 Å². The highest BCUT2D eigenvalue weighted by Crippen LogP contribution is 2.43. The summed E-state index contributed by atoms with van der Waals surface area (Å²) in [5, 5.41) is 7.40. The number of rotatable bonds is 9. The summed E-state index contributed by atoms with van der Waals surface area (Å²) in [6.07, 6.45) is -6.28. The third-order valence-corrected chi connectivity index (χ3v) is 10.4. The van der Waals surface area contributed by atoms with Crippen molar-refractivity contribution < 1.29 is 31.6 Å². The third-order valence-electron chi connectivity index (χ3n) is 7.68. The number of thiophene rings is 1. The summed E-state index contributed by atoms with van der Waals surface area (Å²) in [5.41, 5.74) is 1.05. The average molecular weight is 624 g/mol. The summed E-state index contributed by atoms with van der Waals surface area (Å²) in [6, 6.07) is 10.0. The molecule has 2 saturated heterocycles. The Kier molecular flexibility index (Phi) is 9.38. The molecule has 2 aromatic carbocycles.